The maximum atomic E-state index is 13.0. The summed E-state index contributed by atoms with van der Waals surface area (Å²) in [5.41, 5.74) is 4.79. The van der Waals surface area contributed by atoms with Gasteiger partial charge in [-0.15, -0.1) is 11.8 Å². The molecule has 31 heavy (non-hydrogen) atoms. The van der Waals surface area contributed by atoms with E-state index in [1.807, 2.05) is 87.1 Å². The molecule has 0 spiro atoms. The van der Waals surface area contributed by atoms with E-state index in [-0.39, 0.29) is 17.1 Å². The molecule has 2 amide bonds. The van der Waals surface area contributed by atoms with Gasteiger partial charge in [-0.1, -0.05) is 18.2 Å². The van der Waals surface area contributed by atoms with Crippen LogP contribution < -0.4 is 5.32 Å². The van der Waals surface area contributed by atoms with Gasteiger partial charge in [-0.05, 0) is 57.2 Å². The fourth-order valence-electron chi connectivity index (χ4n) is 3.42. The van der Waals surface area contributed by atoms with Crippen LogP contribution in [0.4, 0.5) is 5.69 Å². The largest absolute Gasteiger partial charge is 0.340 e. The van der Waals surface area contributed by atoms with Gasteiger partial charge in [-0.25, -0.2) is 4.68 Å². The van der Waals surface area contributed by atoms with Crippen molar-refractivity contribution in [1.82, 2.24) is 14.7 Å². The monoisotopic (exact) mass is 436 g/mol. The van der Waals surface area contributed by atoms with Crippen molar-refractivity contribution in [2.45, 2.75) is 44.4 Å². The number of aryl methyl sites for hydroxylation is 1. The molecule has 1 N–H and O–H groups in total. The summed E-state index contributed by atoms with van der Waals surface area (Å²) in [5.74, 6) is -0.0473. The van der Waals surface area contributed by atoms with E-state index in [0.29, 0.717) is 6.54 Å². The quantitative estimate of drug-likeness (QED) is 0.550. The Morgan fingerprint density at radius 2 is 1.74 bits per heavy atom. The Morgan fingerprint density at radius 1 is 1.10 bits per heavy atom. The number of para-hydroxylation sites is 1. The highest BCUT2D eigenvalue weighted by atomic mass is 32.2. The van der Waals surface area contributed by atoms with E-state index in [0.717, 1.165) is 33.2 Å². The van der Waals surface area contributed by atoms with Crippen molar-refractivity contribution in [2.75, 3.05) is 12.4 Å². The van der Waals surface area contributed by atoms with E-state index in [1.165, 1.54) is 18.7 Å². The lowest BCUT2D eigenvalue weighted by molar-refractivity contribution is -0.129. The zero-order valence-corrected chi connectivity index (χ0v) is 19.4. The van der Waals surface area contributed by atoms with E-state index < -0.39 is 0 Å². The minimum Gasteiger partial charge on any atom is -0.340 e. The van der Waals surface area contributed by atoms with Gasteiger partial charge in [-0.2, -0.15) is 5.10 Å². The molecule has 3 rings (SSSR count). The van der Waals surface area contributed by atoms with Crippen LogP contribution in [0.3, 0.4) is 0 Å². The molecule has 162 valence electrons. The predicted molar refractivity (Wildman–Crippen MR) is 126 cm³/mol. The molecule has 0 radical (unpaired) electrons. The summed E-state index contributed by atoms with van der Waals surface area (Å²) in [4.78, 5) is 26.9. The van der Waals surface area contributed by atoms with Crippen LogP contribution in [0.15, 0.2) is 59.5 Å². The van der Waals surface area contributed by atoms with Crippen molar-refractivity contribution >= 4 is 29.3 Å². The minimum absolute atomic E-state index is 0.0576. The van der Waals surface area contributed by atoms with Crippen LogP contribution in [0.5, 0.6) is 0 Å². The maximum absolute atomic E-state index is 13.0. The lowest BCUT2D eigenvalue weighted by atomic mass is 10.2. The number of benzene rings is 2. The smallest absolute Gasteiger partial charge is 0.235 e. The molecule has 0 saturated heterocycles. The second kappa shape index (κ2) is 9.83. The molecular weight excluding hydrogens is 408 g/mol. The van der Waals surface area contributed by atoms with Crippen LogP contribution in [0.25, 0.3) is 5.69 Å². The van der Waals surface area contributed by atoms with E-state index >= 15 is 0 Å². The molecule has 0 aliphatic rings. The van der Waals surface area contributed by atoms with Gasteiger partial charge in [0.15, 0.2) is 0 Å². The van der Waals surface area contributed by atoms with Gasteiger partial charge >= 0.3 is 0 Å². The van der Waals surface area contributed by atoms with Crippen molar-refractivity contribution in [1.29, 1.82) is 0 Å². The lowest BCUT2D eigenvalue weighted by Crippen LogP contribution is -2.33. The molecule has 6 nitrogen and oxygen atoms in total. The molecule has 0 fully saturated rings. The molecule has 0 saturated carbocycles. The topological polar surface area (TPSA) is 67.2 Å². The predicted octanol–water partition coefficient (Wildman–Crippen LogP) is 4.59. The maximum Gasteiger partial charge on any atom is 0.235 e. The van der Waals surface area contributed by atoms with Crippen LogP contribution in [0.1, 0.15) is 30.8 Å². The van der Waals surface area contributed by atoms with E-state index in [4.69, 9.17) is 0 Å². The van der Waals surface area contributed by atoms with Gasteiger partial charge in [0.2, 0.25) is 11.8 Å². The van der Waals surface area contributed by atoms with E-state index in [1.54, 1.807) is 4.90 Å². The van der Waals surface area contributed by atoms with Gasteiger partial charge < -0.3 is 10.2 Å². The number of carbonyl (C=O) groups excluding carboxylic acids is 2. The van der Waals surface area contributed by atoms with Crippen molar-refractivity contribution in [3.63, 3.8) is 0 Å². The first-order valence-electron chi connectivity index (χ1n) is 10.2. The molecule has 1 atom stereocenters. The first kappa shape index (κ1) is 22.6. The Kier molecular flexibility index (Phi) is 7.17. The molecule has 2 aromatic carbocycles. The Morgan fingerprint density at radius 3 is 2.35 bits per heavy atom. The van der Waals surface area contributed by atoms with Gasteiger partial charge in [0.25, 0.3) is 0 Å². The minimum atomic E-state index is -0.235. The van der Waals surface area contributed by atoms with Crippen LogP contribution in [0, 0.1) is 13.8 Å². The number of nitrogens with one attached hydrogen (secondary N) is 1. The highest BCUT2D eigenvalue weighted by Crippen LogP contribution is 2.27. The van der Waals surface area contributed by atoms with Crippen molar-refractivity contribution in [3.8, 4) is 5.69 Å². The Balaban J connectivity index is 1.66. The molecule has 0 bridgehead atoms. The molecule has 0 aliphatic carbocycles. The molecular formula is C24H28N4O2S. The van der Waals surface area contributed by atoms with Gasteiger partial charge in [0, 0.05) is 42.4 Å². The number of hydrogen-bond acceptors (Lipinski definition) is 4. The third kappa shape index (κ3) is 5.55. The Bertz CT molecular complexity index is 1060. The fourth-order valence-corrected chi connectivity index (χ4v) is 4.41. The number of hydrogen-bond donors (Lipinski definition) is 1. The molecule has 7 heteroatoms. The number of nitrogens with zero attached hydrogens (tertiary/aromatic N) is 3. The summed E-state index contributed by atoms with van der Waals surface area (Å²) >= 11 is 1.50. The summed E-state index contributed by atoms with van der Waals surface area (Å²) < 4.78 is 1.93. The highest BCUT2D eigenvalue weighted by Gasteiger charge is 2.22. The normalized spacial score (nSPS) is 11.8. The number of rotatable bonds is 7. The average molecular weight is 437 g/mol. The molecule has 1 aromatic heterocycles. The van der Waals surface area contributed by atoms with Gasteiger partial charge in [0.05, 0.1) is 16.6 Å². The van der Waals surface area contributed by atoms with Crippen LogP contribution in [0.2, 0.25) is 0 Å². The summed E-state index contributed by atoms with van der Waals surface area (Å²) in [5, 5.41) is 7.19. The SMILES string of the molecule is CC(=O)Nc1ccc(SC(C)C(=O)N(C)Cc2c(C)nn(-c3ccccc3)c2C)cc1. The van der Waals surface area contributed by atoms with Crippen molar-refractivity contribution in [2.24, 2.45) is 0 Å². The summed E-state index contributed by atoms with van der Waals surface area (Å²) in [7, 11) is 1.83. The van der Waals surface area contributed by atoms with Crippen LogP contribution in [-0.4, -0.2) is 38.8 Å². The van der Waals surface area contributed by atoms with Crippen molar-refractivity contribution in [3.05, 3.63) is 71.5 Å². The number of amides is 2. The zero-order valence-electron chi connectivity index (χ0n) is 18.5. The van der Waals surface area contributed by atoms with E-state index in [9.17, 15) is 9.59 Å². The highest BCUT2D eigenvalue weighted by molar-refractivity contribution is 8.00. The third-order valence-electron chi connectivity index (χ3n) is 5.05. The Hall–Kier alpha value is -3.06. The first-order chi connectivity index (χ1) is 14.8. The standard InChI is InChI=1S/C24H28N4O2S/c1-16-23(17(2)28(26-16)21-9-7-6-8-10-21)15-27(5)24(30)18(3)31-22-13-11-20(12-14-22)25-19(4)29/h6-14,18H,15H2,1-5H3,(H,25,29). The first-order valence-corrected chi connectivity index (χ1v) is 11.0. The third-order valence-corrected chi connectivity index (χ3v) is 6.15. The number of anilines is 1. The molecule has 3 aromatic rings. The summed E-state index contributed by atoms with van der Waals surface area (Å²) in [6.45, 7) is 7.92. The van der Waals surface area contributed by atoms with E-state index in [2.05, 4.69) is 10.4 Å². The second-order valence-electron chi connectivity index (χ2n) is 7.56. The average Bonchev–Trinajstić information content (AvgIpc) is 3.03. The van der Waals surface area contributed by atoms with Gasteiger partial charge in [-0.3, -0.25) is 9.59 Å². The zero-order chi connectivity index (χ0) is 22.5. The Labute approximate surface area is 187 Å². The number of thioether (sulfide) groups is 1. The number of carbonyl (C=O) groups is 2. The summed E-state index contributed by atoms with van der Waals surface area (Å²) in [6.07, 6.45) is 0. The lowest BCUT2D eigenvalue weighted by Gasteiger charge is -2.21. The second-order valence-corrected chi connectivity index (χ2v) is 8.97. The van der Waals surface area contributed by atoms with Crippen LogP contribution in [-0.2, 0) is 16.1 Å². The van der Waals surface area contributed by atoms with Crippen LogP contribution >= 0.6 is 11.8 Å². The van der Waals surface area contributed by atoms with Crippen molar-refractivity contribution < 1.29 is 9.59 Å². The molecule has 0 aliphatic heterocycles. The van der Waals surface area contributed by atoms with Gasteiger partial charge in [0.1, 0.15) is 0 Å². The molecule has 1 unspecified atom stereocenters. The summed E-state index contributed by atoms with van der Waals surface area (Å²) in [6, 6.07) is 17.5. The number of aromatic nitrogens is 2. The molecule has 1 heterocycles. The fraction of sp³-hybridized carbons (Fsp3) is 0.292.